The number of Topliss-reactive ketones (excluding diaryl/α,β-unsaturated/α-hetero) is 1. The summed E-state index contributed by atoms with van der Waals surface area (Å²) in [5.74, 6) is 0.0926. The molecule has 0 bridgehead atoms. The molecule has 9 heavy (non-hydrogen) atoms. The van der Waals surface area contributed by atoms with E-state index in [1.165, 1.54) is 0 Å². The molecule has 0 radical (unpaired) electrons. The van der Waals surface area contributed by atoms with Gasteiger partial charge in [0.25, 0.3) is 0 Å². The molecule has 1 aliphatic carbocycles. The molecule has 0 aromatic carbocycles. The summed E-state index contributed by atoms with van der Waals surface area (Å²) in [7, 11) is 0. The molecule has 3 heteroatoms. The van der Waals surface area contributed by atoms with Gasteiger partial charge in [0.2, 0.25) is 0 Å². The molecule has 0 aromatic heterocycles. The van der Waals surface area contributed by atoms with E-state index in [9.17, 15) is 4.79 Å². The number of nitrogens with two attached hydrogens (primary N) is 2. The van der Waals surface area contributed by atoms with Gasteiger partial charge in [-0.1, -0.05) is 6.92 Å². The molecule has 0 amide bonds. The van der Waals surface area contributed by atoms with Crippen LogP contribution in [0, 0.1) is 0 Å². The fraction of sp³-hybridized carbons (Fsp3) is 0.833. The second-order valence-electron chi connectivity index (χ2n) is 2.63. The topological polar surface area (TPSA) is 69.1 Å². The van der Waals surface area contributed by atoms with Crippen molar-refractivity contribution in [2.45, 2.75) is 31.3 Å². The summed E-state index contributed by atoms with van der Waals surface area (Å²) in [4.78, 5) is 10.9. The first-order chi connectivity index (χ1) is 4.11. The van der Waals surface area contributed by atoms with Crippen molar-refractivity contribution < 1.29 is 4.79 Å². The molecule has 4 N–H and O–H groups in total. The lowest BCUT2D eigenvalue weighted by atomic mass is 10.1. The lowest BCUT2D eigenvalue weighted by Gasteiger charge is -2.04. The Morgan fingerprint density at radius 1 is 1.89 bits per heavy atom. The van der Waals surface area contributed by atoms with Crippen molar-refractivity contribution in [2.24, 2.45) is 11.5 Å². The average molecular weight is 128 g/mol. The van der Waals surface area contributed by atoms with Gasteiger partial charge in [0.15, 0.2) is 5.78 Å². The Hall–Kier alpha value is -0.410. The van der Waals surface area contributed by atoms with Crippen LogP contribution in [0.15, 0.2) is 0 Å². The van der Waals surface area contributed by atoms with Crippen LogP contribution in [0.25, 0.3) is 0 Å². The smallest absolute Gasteiger partial charge is 0.154 e. The van der Waals surface area contributed by atoms with E-state index in [0.29, 0.717) is 12.8 Å². The SMILES string of the molecule is CCC(=O)C1(N)C[C@@H]1N. The van der Waals surface area contributed by atoms with E-state index >= 15 is 0 Å². The summed E-state index contributed by atoms with van der Waals surface area (Å²) in [6.45, 7) is 1.81. The van der Waals surface area contributed by atoms with Crippen LogP contribution in [0.3, 0.4) is 0 Å². The van der Waals surface area contributed by atoms with Crippen molar-refractivity contribution in [2.75, 3.05) is 0 Å². The highest BCUT2D eigenvalue weighted by molar-refractivity contribution is 5.92. The Kier molecular flexibility index (Phi) is 1.33. The molecule has 0 aliphatic heterocycles. The molecular weight excluding hydrogens is 116 g/mol. The third kappa shape index (κ3) is 0.862. The molecule has 1 aliphatic rings. The maximum absolute atomic E-state index is 10.9. The third-order valence-electron chi connectivity index (χ3n) is 1.90. The van der Waals surface area contributed by atoms with Crippen LogP contribution >= 0.6 is 0 Å². The van der Waals surface area contributed by atoms with Crippen LogP contribution in [-0.4, -0.2) is 17.4 Å². The zero-order chi connectivity index (χ0) is 7.07. The average Bonchev–Trinajstić information content (AvgIpc) is 2.41. The van der Waals surface area contributed by atoms with Gasteiger partial charge in [0.05, 0.1) is 5.54 Å². The van der Waals surface area contributed by atoms with Gasteiger partial charge in [-0.3, -0.25) is 4.79 Å². The summed E-state index contributed by atoms with van der Waals surface area (Å²) >= 11 is 0. The summed E-state index contributed by atoms with van der Waals surface area (Å²) in [5, 5.41) is 0. The highest BCUT2D eigenvalue weighted by atomic mass is 16.1. The van der Waals surface area contributed by atoms with Gasteiger partial charge in [-0.05, 0) is 6.42 Å². The first kappa shape index (κ1) is 6.71. The van der Waals surface area contributed by atoms with E-state index in [1.807, 2.05) is 6.92 Å². The molecule has 0 spiro atoms. The predicted octanol–water partition coefficient (Wildman–Crippen LogP) is -0.606. The Morgan fingerprint density at radius 2 is 2.33 bits per heavy atom. The minimum Gasteiger partial charge on any atom is -0.326 e. The van der Waals surface area contributed by atoms with E-state index < -0.39 is 5.54 Å². The fourth-order valence-corrected chi connectivity index (χ4v) is 0.955. The predicted molar refractivity (Wildman–Crippen MR) is 34.8 cm³/mol. The van der Waals surface area contributed by atoms with E-state index in [1.54, 1.807) is 0 Å². The molecule has 1 fully saturated rings. The number of carbonyl (C=O) groups excluding carboxylic acids is 1. The van der Waals surface area contributed by atoms with Gasteiger partial charge < -0.3 is 11.5 Å². The van der Waals surface area contributed by atoms with E-state index in [-0.39, 0.29) is 11.8 Å². The van der Waals surface area contributed by atoms with Crippen molar-refractivity contribution in [3.05, 3.63) is 0 Å². The lowest BCUT2D eigenvalue weighted by Crippen LogP contribution is -2.38. The van der Waals surface area contributed by atoms with Crippen molar-refractivity contribution in [1.29, 1.82) is 0 Å². The van der Waals surface area contributed by atoms with Gasteiger partial charge >= 0.3 is 0 Å². The Balaban J connectivity index is 2.53. The quantitative estimate of drug-likeness (QED) is 0.521. The van der Waals surface area contributed by atoms with Crippen LogP contribution in [0.4, 0.5) is 0 Å². The summed E-state index contributed by atoms with van der Waals surface area (Å²) in [5.41, 5.74) is 10.4. The van der Waals surface area contributed by atoms with Crippen molar-refractivity contribution in [3.8, 4) is 0 Å². The monoisotopic (exact) mass is 128 g/mol. The van der Waals surface area contributed by atoms with Crippen LogP contribution in [0.1, 0.15) is 19.8 Å². The zero-order valence-corrected chi connectivity index (χ0v) is 5.55. The summed E-state index contributed by atoms with van der Waals surface area (Å²) in [6, 6.07) is -0.0788. The first-order valence-corrected chi connectivity index (χ1v) is 3.19. The molecular formula is C6H12N2O. The van der Waals surface area contributed by atoms with E-state index in [2.05, 4.69) is 0 Å². The summed E-state index contributed by atoms with van der Waals surface area (Å²) < 4.78 is 0. The maximum Gasteiger partial charge on any atom is 0.154 e. The maximum atomic E-state index is 10.9. The minimum atomic E-state index is -0.644. The van der Waals surface area contributed by atoms with Crippen molar-refractivity contribution >= 4 is 5.78 Å². The lowest BCUT2D eigenvalue weighted by molar-refractivity contribution is -0.120. The van der Waals surface area contributed by atoms with E-state index in [0.717, 1.165) is 0 Å². The number of hydrogen-bond donors (Lipinski definition) is 2. The number of ketones is 1. The second-order valence-corrected chi connectivity index (χ2v) is 2.63. The molecule has 0 saturated heterocycles. The molecule has 1 rings (SSSR count). The highest BCUT2D eigenvalue weighted by Crippen LogP contribution is 2.32. The zero-order valence-electron chi connectivity index (χ0n) is 5.55. The Labute approximate surface area is 54.4 Å². The number of carbonyl (C=O) groups is 1. The van der Waals surface area contributed by atoms with Gasteiger partial charge in [-0.2, -0.15) is 0 Å². The van der Waals surface area contributed by atoms with E-state index in [4.69, 9.17) is 11.5 Å². The standard InChI is InChI=1S/C6H12N2O/c1-2-5(9)6(8)3-4(6)7/h4H,2-3,7-8H2,1H3/t4-,6?/m0/s1. The van der Waals surface area contributed by atoms with Crippen LogP contribution in [0.2, 0.25) is 0 Å². The first-order valence-electron chi connectivity index (χ1n) is 3.19. The van der Waals surface area contributed by atoms with Crippen LogP contribution in [0.5, 0.6) is 0 Å². The molecule has 1 saturated carbocycles. The number of rotatable bonds is 2. The van der Waals surface area contributed by atoms with Gasteiger partial charge in [-0.15, -0.1) is 0 Å². The number of hydrogen-bond acceptors (Lipinski definition) is 3. The molecule has 0 heterocycles. The van der Waals surface area contributed by atoms with Gasteiger partial charge in [0, 0.05) is 12.5 Å². The normalized spacial score (nSPS) is 40.6. The van der Waals surface area contributed by atoms with Crippen LogP contribution < -0.4 is 11.5 Å². The molecule has 52 valence electrons. The highest BCUT2D eigenvalue weighted by Gasteiger charge is 2.53. The van der Waals surface area contributed by atoms with Gasteiger partial charge in [-0.25, -0.2) is 0 Å². The van der Waals surface area contributed by atoms with Crippen molar-refractivity contribution in [3.63, 3.8) is 0 Å². The summed E-state index contributed by atoms with van der Waals surface area (Å²) in [6.07, 6.45) is 1.17. The fourth-order valence-electron chi connectivity index (χ4n) is 0.955. The minimum absolute atomic E-state index is 0.0788. The Morgan fingerprint density at radius 3 is 2.44 bits per heavy atom. The molecule has 1 unspecified atom stereocenters. The van der Waals surface area contributed by atoms with Crippen molar-refractivity contribution in [1.82, 2.24) is 0 Å². The third-order valence-corrected chi connectivity index (χ3v) is 1.90. The largest absolute Gasteiger partial charge is 0.326 e. The second kappa shape index (κ2) is 1.78. The van der Waals surface area contributed by atoms with Crippen LogP contribution in [-0.2, 0) is 4.79 Å². The molecule has 0 aromatic rings. The Bertz CT molecular complexity index is 146. The molecule has 2 atom stereocenters. The molecule has 3 nitrogen and oxygen atoms in total. The van der Waals surface area contributed by atoms with Gasteiger partial charge in [0.1, 0.15) is 0 Å².